The van der Waals surface area contributed by atoms with Crippen LogP contribution in [0.3, 0.4) is 0 Å². The fraction of sp³-hybridized carbons (Fsp3) is 0.680. The maximum atomic E-state index is 5.68. The summed E-state index contributed by atoms with van der Waals surface area (Å²) < 4.78 is 22.7. The van der Waals surface area contributed by atoms with E-state index in [2.05, 4.69) is 0 Å². The van der Waals surface area contributed by atoms with Crippen molar-refractivity contribution in [2.24, 2.45) is 28.3 Å². The molecule has 0 spiro atoms. The Kier molecular flexibility index (Phi) is 76.5. The van der Waals surface area contributed by atoms with Crippen molar-refractivity contribution in [3.05, 3.63) is 49.1 Å². The van der Waals surface area contributed by atoms with Crippen molar-refractivity contribution in [3.63, 3.8) is 0 Å². The highest BCUT2D eigenvalue weighted by Gasteiger charge is 2.32. The van der Waals surface area contributed by atoms with Crippen LogP contribution >= 0.6 is 0 Å². The Morgan fingerprint density at radius 2 is 0.576 bits per heavy atom. The molecule has 0 aliphatic heterocycles. The minimum absolute atomic E-state index is 0. The van der Waals surface area contributed by atoms with Crippen molar-refractivity contribution < 1.29 is 18.9 Å². The molecule has 0 bridgehead atoms. The summed E-state index contributed by atoms with van der Waals surface area (Å²) in [4.78, 5) is 0. The largest absolute Gasteiger partial charge is 0.405 e. The van der Waals surface area contributed by atoms with Crippen LogP contribution in [-0.2, 0) is 18.9 Å². The lowest BCUT2D eigenvalue weighted by Crippen LogP contribution is -2.42. The molecule has 8 heteroatoms. The smallest absolute Gasteiger partial charge is 0.0664 e. The van der Waals surface area contributed by atoms with Gasteiger partial charge in [0.05, 0.1) is 58.3 Å². The Hall–Kier alpha value is -2.00. The van der Waals surface area contributed by atoms with E-state index >= 15 is 0 Å². The lowest BCUT2D eigenvalue weighted by Gasteiger charge is -2.32. The zero-order chi connectivity index (χ0) is 18.6. The van der Waals surface area contributed by atoms with Gasteiger partial charge in [0.2, 0.25) is 0 Å². The fourth-order valence-electron chi connectivity index (χ4n) is 1.85. The number of rotatable bonds is 16. The van der Waals surface area contributed by atoms with E-state index in [9.17, 15) is 0 Å². The number of hydrogen-bond donors (Lipinski definition) is 4. The molecule has 33 heavy (non-hydrogen) atoms. The van der Waals surface area contributed by atoms with Crippen molar-refractivity contribution >= 4 is 0 Å². The first-order chi connectivity index (χ1) is 12.2. The van der Waals surface area contributed by atoms with E-state index < -0.39 is 5.41 Å². The van der Waals surface area contributed by atoms with Crippen LogP contribution in [0.1, 0.15) is 59.4 Å². The molecule has 0 heterocycles. The second-order valence-corrected chi connectivity index (χ2v) is 5.27. The number of ether oxygens (including phenoxy) is 4. The van der Waals surface area contributed by atoms with Crippen LogP contribution in [0, 0.1) is 5.41 Å². The average Bonchev–Trinajstić information content (AvgIpc) is 2.63. The molecule has 0 aromatic carbocycles. The van der Waals surface area contributed by atoms with E-state index in [1.165, 1.54) is 24.8 Å². The minimum Gasteiger partial charge on any atom is -0.405 e. The molecular weight excluding hydrogens is 420 g/mol. The second-order valence-electron chi connectivity index (χ2n) is 5.27. The first-order valence-corrected chi connectivity index (χ1v) is 8.02. The summed E-state index contributed by atoms with van der Waals surface area (Å²) in [5.74, 6) is 0. The molecule has 0 saturated carbocycles. The van der Waals surface area contributed by atoms with Gasteiger partial charge in [0.25, 0.3) is 0 Å². The maximum absolute atomic E-state index is 5.68. The molecule has 8 nitrogen and oxygen atoms in total. The fourth-order valence-corrected chi connectivity index (χ4v) is 1.85. The Balaban J connectivity index is -0.000000103. The van der Waals surface area contributed by atoms with Gasteiger partial charge in [-0.05, 0) is 49.1 Å². The number of nitrogens with two attached hydrogens (primary N) is 4. The minimum atomic E-state index is -0.490. The van der Waals surface area contributed by atoms with Crippen LogP contribution in [0.15, 0.2) is 49.1 Å². The van der Waals surface area contributed by atoms with Gasteiger partial charge in [-0.15, -0.1) is 0 Å². The lowest BCUT2D eigenvalue weighted by molar-refractivity contribution is -0.0943. The third-order valence-electron chi connectivity index (χ3n) is 3.03. The van der Waals surface area contributed by atoms with Crippen LogP contribution in [-0.4, -0.2) is 52.9 Å². The van der Waals surface area contributed by atoms with Gasteiger partial charge in [-0.25, -0.2) is 0 Å². The van der Waals surface area contributed by atoms with Gasteiger partial charge in [-0.2, -0.15) is 0 Å². The second kappa shape index (κ2) is 43.8. The summed E-state index contributed by atoms with van der Waals surface area (Å²) in [6, 6.07) is 0. The zero-order valence-corrected chi connectivity index (χ0v) is 14.7. The predicted octanol–water partition coefficient (Wildman–Crippen LogP) is 5.02. The molecule has 0 unspecified atom stereocenters. The third-order valence-corrected chi connectivity index (χ3v) is 3.03. The van der Waals surface area contributed by atoms with Crippen molar-refractivity contribution in [1.29, 1.82) is 0 Å². The van der Waals surface area contributed by atoms with Crippen LogP contribution < -0.4 is 22.9 Å². The Morgan fingerprint density at radius 1 is 0.394 bits per heavy atom. The topological polar surface area (TPSA) is 141 Å². The van der Waals surface area contributed by atoms with E-state index in [0.29, 0.717) is 52.9 Å². The summed E-state index contributed by atoms with van der Waals surface area (Å²) in [7, 11) is 0. The highest BCUT2D eigenvalue weighted by atomic mass is 16.5. The maximum Gasteiger partial charge on any atom is 0.0664 e. The molecule has 0 aromatic rings. The molecule has 0 radical (unpaired) electrons. The molecule has 0 saturated heterocycles. The Labute approximate surface area is 209 Å². The van der Waals surface area contributed by atoms with Crippen LogP contribution in [0.4, 0.5) is 0 Å². The summed E-state index contributed by atoms with van der Waals surface area (Å²) in [6.07, 6.45) is 12.6. The molecule has 0 amide bonds. The van der Waals surface area contributed by atoms with Gasteiger partial charge in [0.1, 0.15) is 0 Å². The Bertz CT molecular complexity index is 338. The monoisotopic (exact) mass is 484 g/mol. The van der Waals surface area contributed by atoms with Gasteiger partial charge in [0.15, 0.2) is 0 Å². The predicted molar refractivity (Wildman–Crippen MR) is 153 cm³/mol. The van der Waals surface area contributed by atoms with Gasteiger partial charge < -0.3 is 41.9 Å². The van der Waals surface area contributed by atoms with Gasteiger partial charge in [-0.1, -0.05) is 59.4 Å². The third kappa shape index (κ3) is 34.8. The quantitative estimate of drug-likeness (QED) is 0.224. The molecular formula is C25H64N4O4. The molecule has 0 aliphatic rings. The molecule has 0 aliphatic carbocycles. The van der Waals surface area contributed by atoms with Crippen molar-refractivity contribution in [2.45, 2.75) is 59.4 Å². The van der Waals surface area contributed by atoms with Crippen molar-refractivity contribution in [2.75, 3.05) is 52.9 Å². The highest BCUT2D eigenvalue weighted by molar-refractivity contribution is 4.84. The molecule has 0 fully saturated rings. The van der Waals surface area contributed by atoms with Crippen LogP contribution in [0.2, 0.25) is 0 Å². The highest BCUT2D eigenvalue weighted by Crippen LogP contribution is 2.21. The van der Waals surface area contributed by atoms with Crippen molar-refractivity contribution in [3.8, 4) is 0 Å². The zero-order valence-electron chi connectivity index (χ0n) is 14.7. The van der Waals surface area contributed by atoms with Crippen LogP contribution in [0.5, 0.6) is 0 Å². The van der Waals surface area contributed by atoms with E-state index in [-0.39, 0.29) is 59.4 Å². The first kappa shape index (κ1) is 57.6. The first-order valence-electron chi connectivity index (χ1n) is 8.02. The van der Waals surface area contributed by atoms with Gasteiger partial charge in [0, 0.05) is 0 Å². The standard InChI is InChI=1S/C17H32N4O4.8CH4/c18-5-1-9-22-13-17(14-23-10-2-6-19,15-24-11-3-7-20)16-25-12-4-8-21;;;;;;;;/h1-8H,9-16,18-21H2;8*1H4/b5-1+,6-2+,7-3+,8-4+;;;;;;;;. The van der Waals surface area contributed by atoms with Gasteiger partial charge in [-0.3, -0.25) is 0 Å². The SMILES string of the molecule is C.C.C.C.C.C.C.C.N/C=C/COCC(COC/C=C/N)(COC/C=C/N)COC/C=C/N. The molecule has 8 N–H and O–H groups in total. The van der Waals surface area contributed by atoms with E-state index in [1.54, 1.807) is 24.3 Å². The van der Waals surface area contributed by atoms with Crippen molar-refractivity contribution in [1.82, 2.24) is 0 Å². The average molecular weight is 485 g/mol. The molecule has 0 atom stereocenters. The summed E-state index contributed by atoms with van der Waals surface area (Å²) in [6.45, 7) is 3.09. The molecule has 208 valence electrons. The normalized spacial score (nSPS) is 9.94. The summed E-state index contributed by atoms with van der Waals surface area (Å²) >= 11 is 0. The van der Waals surface area contributed by atoms with E-state index in [0.717, 1.165) is 0 Å². The Morgan fingerprint density at radius 3 is 0.727 bits per heavy atom. The number of hydrogen-bond acceptors (Lipinski definition) is 8. The van der Waals surface area contributed by atoms with Gasteiger partial charge >= 0.3 is 0 Å². The van der Waals surface area contributed by atoms with Crippen LogP contribution in [0.25, 0.3) is 0 Å². The summed E-state index contributed by atoms with van der Waals surface area (Å²) in [5, 5.41) is 0. The lowest BCUT2D eigenvalue weighted by atomic mass is 9.92. The van der Waals surface area contributed by atoms with E-state index in [1.807, 2.05) is 0 Å². The van der Waals surface area contributed by atoms with E-state index in [4.69, 9.17) is 41.9 Å². The molecule has 0 rings (SSSR count). The molecule has 0 aromatic heterocycles. The summed E-state index contributed by atoms with van der Waals surface area (Å²) in [5.41, 5.74) is 20.8.